The second kappa shape index (κ2) is 7.19. The van der Waals surface area contributed by atoms with Crippen LogP contribution in [0.25, 0.3) is 0 Å². The highest BCUT2D eigenvalue weighted by atomic mass is 16.5. The lowest BCUT2D eigenvalue weighted by molar-refractivity contribution is -0.118. The summed E-state index contributed by atoms with van der Waals surface area (Å²) in [6.45, 7) is 2.83. The number of benzene rings is 2. The summed E-state index contributed by atoms with van der Waals surface area (Å²) in [6.07, 6.45) is 0. The molecule has 1 N–H and O–H groups in total. The first-order valence-corrected chi connectivity index (χ1v) is 8.89. The fourth-order valence-corrected chi connectivity index (χ4v) is 3.34. The van der Waals surface area contributed by atoms with Gasteiger partial charge in [-0.3, -0.25) is 9.59 Å². The Morgan fingerprint density at radius 1 is 1.07 bits per heavy atom. The summed E-state index contributed by atoms with van der Waals surface area (Å²) in [5.41, 5.74) is 2.40. The molecule has 2 heterocycles. The quantitative estimate of drug-likeness (QED) is 0.898. The Morgan fingerprint density at radius 2 is 1.81 bits per heavy atom. The molecule has 1 fully saturated rings. The fraction of sp³-hybridized carbons (Fsp3) is 0.300. The zero-order chi connectivity index (χ0) is 18.8. The molecule has 140 valence electrons. The molecule has 2 aromatic rings. The molecule has 0 aromatic heterocycles. The minimum Gasteiger partial charge on any atom is -0.497 e. The van der Waals surface area contributed by atoms with Crippen LogP contribution in [0.3, 0.4) is 0 Å². The normalized spacial score (nSPS) is 16.3. The van der Waals surface area contributed by atoms with Crippen LogP contribution in [0.15, 0.2) is 42.5 Å². The number of anilines is 2. The number of methoxy groups -OCH3 is 1. The molecule has 0 bridgehead atoms. The lowest BCUT2D eigenvalue weighted by Crippen LogP contribution is -2.48. The second-order valence-corrected chi connectivity index (χ2v) is 6.53. The van der Waals surface area contributed by atoms with Gasteiger partial charge in [0.25, 0.3) is 11.8 Å². The van der Waals surface area contributed by atoms with Gasteiger partial charge in [0.1, 0.15) is 11.5 Å². The van der Waals surface area contributed by atoms with Gasteiger partial charge in [-0.2, -0.15) is 0 Å². The summed E-state index contributed by atoms with van der Waals surface area (Å²) in [7, 11) is 1.61. The van der Waals surface area contributed by atoms with Gasteiger partial charge in [0.15, 0.2) is 6.61 Å². The zero-order valence-electron chi connectivity index (χ0n) is 15.1. The van der Waals surface area contributed by atoms with Crippen LogP contribution in [0, 0.1) is 0 Å². The van der Waals surface area contributed by atoms with Crippen LogP contribution in [0.5, 0.6) is 11.5 Å². The fourth-order valence-electron chi connectivity index (χ4n) is 3.34. The Hall–Kier alpha value is -3.22. The summed E-state index contributed by atoms with van der Waals surface area (Å²) in [6, 6.07) is 13.0. The average Bonchev–Trinajstić information content (AvgIpc) is 2.73. The monoisotopic (exact) mass is 367 g/mol. The van der Waals surface area contributed by atoms with Gasteiger partial charge in [-0.15, -0.1) is 0 Å². The standard InChI is InChI=1S/C20H21N3O4/c1-26-16-5-2-14(3-6-16)20(25)23-10-8-22(9-11-23)15-4-7-17-18(12-15)27-13-19(24)21-17/h2-7,12H,8-11,13H2,1H3,(H,21,24). The van der Waals surface area contributed by atoms with Crippen LogP contribution in [-0.2, 0) is 4.79 Å². The molecule has 0 spiro atoms. The molecule has 2 aromatic carbocycles. The van der Waals surface area contributed by atoms with Gasteiger partial charge >= 0.3 is 0 Å². The van der Waals surface area contributed by atoms with Gasteiger partial charge in [0.05, 0.1) is 12.8 Å². The van der Waals surface area contributed by atoms with Crippen molar-refractivity contribution in [3.8, 4) is 11.5 Å². The van der Waals surface area contributed by atoms with Crippen molar-refractivity contribution in [1.29, 1.82) is 0 Å². The Balaban J connectivity index is 1.40. The molecular formula is C20H21N3O4. The van der Waals surface area contributed by atoms with Gasteiger partial charge < -0.3 is 24.6 Å². The molecule has 2 aliphatic heterocycles. The average molecular weight is 367 g/mol. The molecule has 7 nitrogen and oxygen atoms in total. The van der Waals surface area contributed by atoms with Crippen molar-refractivity contribution in [1.82, 2.24) is 4.90 Å². The highest BCUT2D eigenvalue weighted by Crippen LogP contribution is 2.32. The van der Waals surface area contributed by atoms with Crippen LogP contribution < -0.4 is 19.7 Å². The van der Waals surface area contributed by atoms with E-state index in [0.717, 1.165) is 24.5 Å². The van der Waals surface area contributed by atoms with Gasteiger partial charge in [-0.25, -0.2) is 0 Å². The number of rotatable bonds is 3. The predicted molar refractivity (Wildman–Crippen MR) is 102 cm³/mol. The largest absolute Gasteiger partial charge is 0.497 e. The molecule has 0 aliphatic carbocycles. The van der Waals surface area contributed by atoms with E-state index in [1.807, 2.05) is 23.1 Å². The van der Waals surface area contributed by atoms with E-state index in [2.05, 4.69) is 10.2 Å². The van der Waals surface area contributed by atoms with Gasteiger partial charge in [-0.05, 0) is 36.4 Å². The Morgan fingerprint density at radius 3 is 2.52 bits per heavy atom. The van der Waals surface area contributed by atoms with E-state index < -0.39 is 0 Å². The molecule has 0 saturated carbocycles. The number of fused-ring (bicyclic) bond motifs is 1. The van der Waals surface area contributed by atoms with Crippen molar-refractivity contribution >= 4 is 23.2 Å². The van der Waals surface area contributed by atoms with Crippen molar-refractivity contribution in [3.05, 3.63) is 48.0 Å². The summed E-state index contributed by atoms with van der Waals surface area (Å²) in [5.74, 6) is 1.32. The zero-order valence-corrected chi connectivity index (χ0v) is 15.1. The van der Waals surface area contributed by atoms with Crippen molar-refractivity contribution in [2.24, 2.45) is 0 Å². The van der Waals surface area contributed by atoms with Crippen LogP contribution in [-0.4, -0.2) is 56.6 Å². The van der Waals surface area contributed by atoms with Crippen LogP contribution in [0.1, 0.15) is 10.4 Å². The maximum absolute atomic E-state index is 12.7. The summed E-state index contributed by atoms with van der Waals surface area (Å²) < 4.78 is 10.6. The molecule has 27 heavy (non-hydrogen) atoms. The number of nitrogens with one attached hydrogen (secondary N) is 1. The van der Waals surface area contributed by atoms with Crippen LogP contribution in [0.2, 0.25) is 0 Å². The van der Waals surface area contributed by atoms with Crippen molar-refractivity contribution in [3.63, 3.8) is 0 Å². The number of carbonyl (C=O) groups is 2. The van der Waals surface area contributed by atoms with Crippen molar-refractivity contribution < 1.29 is 19.1 Å². The van der Waals surface area contributed by atoms with E-state index in [1.54, 1.807) is 31.4 Å². The third-order valence-corrected chi connectivity index (χ3v) is 4.87. The minimum atomic E-state index is -0.138. The van der Waals surface area contributed by atoms with Crippen LogP contribution in [0.4, 0.5) is 11.4 Å². The number of piperazine rings is 1. The van der Waals surface area contributed by atoms with Gasteiger partial charge in [0.2, 0.25) is 0 Å². The molecule has 2 aliphatic rings. The molecule has 1 saturated heterocycles. The second-order valence-electron chi connectivity index (χ2n) is 6.53. The van der Waals surface area contributed by atoms with Crippen molar-refractivity contribution in [2.75, 3.05) is 50.1 Å². The molecule has 0 atom stereocenters. The van der Waals surface area contributed by atoms with Gasteiger partial charge in [0, 0.05) is 43.5 Å². The van der Waals surface area contributed by atoms with E-state index in [9.17, 15) is 9.59 Å². The first-order chi connectivity index (χ1) is 13.1. The van der Waals surface area contributed by atoms with Crippen molar-refractivity contribution in [2.45, 2.75) is 0 Å². The lowest BCUT2D eigenvalue weighted by Gasteiger charge is -2.36. The number of hydrogen-bond acceptors (Lipinski definition) is 5. The van der Waals surface area contributed by atoms with Crippen LogP contribution >= 0.6 is 0 Å². The molecule has 0 radical (unpaired) electrons. The number of nitrogens with zero attached hydrogens (tertiary/aromatic N) is 2. The number of hydrogen-bond donors (Lipinski definition) is 1. The third-order valence-electron chi connectivity index (χ3n) is 4.87. The smallest absolute Gasteiger partial charge is 0.262 e. The Labute approximate surface area is 157 Å². The van der Waals surface area contributed by atoms with Gasteiger partial charge in [-0.1, -0.05) is 0 Å². The van der Waals surface area contributed by atoms with E-state index >= 15 is 0 Å². The highest BCUT2D eigenvalue weighted by Gasteiger charge is 2.24. The first-order valence-electron chi connectivity index (χ1n) is 8.89. The first kappa shape index (κ1) is 17.2. The summed E-state index contributed by atoms with van der Waals surface area (Å²) in [4.78, 5) is 28.1. The number of amides is 2. The minimum absolute atomic E-state index is 0.0359. The SMILES string of the molecule is COc1ccc(C(=O)N2CCN(c3ccc4c(c3)OCC(=O)N4)CC2)cc1. The molecule has 4 rings (SSSR count). The van der Waals surface area contributed by atoms with E-state index in [1.165, 1.54) is 0 Å². The van der Waals surface area contributed by atoms with E-state index in [-0.39, 0.29) is 18.4 Å². The Kier molecular flexibility index (Phi) is 4.58. The summed E-state index contributed by atoms with van der Waals surface area (Å²) >= 11 is 0. The molecular weight excluding hydrogens is 346 g/mol. The van der Waals surface area contributed by atoms with E-state index in [4.69, 9.17) is 9.47 Å². The predicted octanol–water partition coefficient (Wildman–Crippen LogP) is 1.99. The summed E-state index contributed by atoms with van der Waals surface area (Å²) in [5, 5.41) is 2.79. The molecule has 2 amide bonds. The highest BCUT2D eigenvalue weighted by molar-refractivity contribution is 5.96. The topological polar surface area (TPSA) is 71.1 Å². The Bertz CT molecular complexity index is 858. The van der Waals surface area contributed by atoms with E-state index in [0.29, 0.717) is 30.1 Å². The molecule has 7 heteroatoms. The molecule has 0 unspecified atom stereocenters. The maximum Gasteiger partial charge on any atom is 0.262 e. The number of ether oxygens (including phenoxy) is 2. The number of carbonyl (C=O) groups excluding carboxylic acids is 2. The lowest BCUT2D eigenvalue weighted by atomic mass is 10.1. The third kappa shape index (κ3) is 3.53. The maximum atomic E-state index is 12.7.